The molecule has 0 atom stereocenters. The summed E-state index contributed by atoms with van der Waals surface area (Å²) in [5.41, 5.74) is 2.20. The van der Waals surface area contributed by atoms with Gasteiger partial charge in [-0.05, 0) is 13.1 Å². The van der Waals surface area contributed by atoms with E-state index in [1.54, 1.807) is 0 Å². The van der Waals surface area contributed by atoms with Gasteiger partial charge in [-0.25, -0.2) is 37.1 Å². The molecule has 0 saturated carbocycles. The Morgan fingerprint density at radius 3 is 2.50 bits per heavy atom. The summed E-state index contributed by atoms with van der Waals surface area (Å²) in [6, 6.07) is 1.15. The maximum Gasteiger partial charge on any atom is 0.242 e. The quantitative estimate of drug-likeness (QED) is 0.361. The molecule has 1 aromatic heterocycles. The molecule has 0 unspecified atom stereocenters. The zero-order valence-electron chi connectivity index (χ0n) is 10.4. The highest BCUT2D eigenvalue weighted by Crippen LogP contribution is 2.21. The summed E-state index contributed by atoms with van der Waals surface area (Å²) >= 11 is 5.76. The average molecular weight is 344 g/mol. The lowest BCUT2D eigenvalue weighted by atomic mass is 10.5. The molecule has 0 aliphatic carbocycles. The molecular weight excluding hydrogens is 330 g/mol. The first-order chi connectivity index (χ1) is 9.22. The van der Waals surface area contributed by atoms with E-state index in [9.17, 15) is 16.8 Å². The van der Waals surface area contributed by atoms with Crippen LogP contribution in [0.5, 0.6) is 0 Å². The molecule has 5 N–H and O–H groups in total. The van der Waals surface area contributed by atoms with Crippen molar-refractivity contribution in [3.8, 4) is 0 Å². The van der Waals surface area contributed by atoms with Gasteiger partial charge in [-0.1, -0.05) is 11.6 Å². The van der Waals surface area contributed by atoms with Gasteiger partial charge < -0.3 is 5.43 Å². The molecule has 1 heterocycles. The highest BCUT2D eigenvalue weighted by atomic mass is 35.5. The van der Waals surface area contributed by atoms with Crippen molar-refractivity contribution in [3.05, 3.63) is 17.3 Å². The maximum atomic E-state index is 11.9. The number of sulfonamides is 2. The number of nitrogen functional groups attached to an aromatic ring is 1. The van der Waals surface area contributed by atoms with E-state index in [4.69, 9.17) is 17.4 Å². The van der Waals surface area contributed by atoms with Gasteiger partial charge in [0.25, 0.3) is 0 Å². The van der Waals surface area contributed by atoms with Gasteiger partial charge in [-0.15, -0.1) is 0 Å². The van der Waals surface area contributed by atoms with Crippen molar-refractivity contribution in [2.24, 2.45) is 5.84 Å². The average Bonchev–Trinajstić information content (AvgIpc) is 2.38. The van der Waals surface area contributed by atoms with Crippen molar-refractivity contribution in [1.29, 1.82) is 0 Å². The SMILES string of the molecule is CNS(=O)(=O)CCNS(=O)(=O)c1cnc(NN)c(Cl)c1. The second-order valence-electron chi connectivity index (χ2n) is 3.57. The Bertz CT molecular complexity index is 676. The molecule has 9 nitrogen and oxygen atoms in total. The normalized spacial score (nSPS) is 12.3. The number of hydrogen-bond acceptors (Lipinski definition) is 7. The second-order valence-corrected chi connectivity index (χ2v) is 7.79. The van der Waals surface area contributed by atoms with E-state index in [1.165, 1.54) is 7.05 Å². The van der Waals surface area contributed by atoms with Crippen molar-refractivity contribution < 1.29 is 16.8 Å². The van der Waals surface area contributed by atoms with Crippen LogP contribution in [-0.2, 0) is 20.0 Å². The Hall–Kier alpha value is -0.980. The minimum absolute atomic E-state index is 0.0261. The van der Waals surface area contributed by atoms with Crippen molar-refractivity contribution in [2.75, 3.05) is 24.8 Å². The molecule has 0 aromatic carbocycles. The first-order valence-electron chi connectivity index (χ1n) is 5.25. The predicted octanol–water partition coefficient (Wildman–Crippen LogP) is -1.15. The maximum absolute atomic E-state index is 11.9. The van der Waals surface area contributed by atoms with Gasteiger partial charge >= 0.3 is 0 Å². The van der Waals surface area contributed by atoms with E-state index in [0.717, 1.165) is 12.3 Å². The van der Waals surface area contributed by atoms with Crippen molar-refractivity contribution in [3.63, 3.8) is 0 Å². The second kappa shape index (κ2) is 6.65. The van der Waals surface area contributed by atoms with Crippen LogP contribution in [0.15, 0.2) is 17.2 Å². The molecule has 0 bridgehead atoms. The van der Waals surface area contributed by atoms with Crippen molar-refractivity contribution >= 4 is 37.5 Å². The molecule has 114 valence electrons. The number of nitrogens with two attached hydrogens (primary N) is 1. The monoisotopic (exact) mass is 343 g/mol. The molecule has 0 saturated heterocycles. The lowest BCUT2D eigenvalue weighted by Crippen LogP contribution is -2.33. The largest absolute Gasteiger partial charge is 0.307 e. The molecule has 0 radical (unpaired) electrons. The third-order valence-corrected chi connectivity index (χ3v) is 5.32. The van der Waals surface area contributed by atoms with E-state index in [1.807, 2.05) is 0 Å². The summed E-state index contributed by atoms with van der Waals surface area (Å²) in [5, 5.41) is 0.0261. The molecule has 0 fully saturated rings. The Morgan fingerprint density at radius 2 is 2.00 bits per heavy atom. The summed E-state index contributed by atoms with van der Waals surface area (Å²) in [5.74, 6) is 4.86. The summed E-state index contributed by atoms with van der Waals surface area (Å²) in [6.07, 6.45) is 1.05. The van der Waals surface area contributed by atoms with Gasteiger partial charge in [-0.2, -0.15) is 0 Å². The zero-order valence-corrected chi connectivity index (χ0v) is 12.8. The van der Waals surface area contributed by atoms with Crippen LogP contribution in [0.25, 0.3) is 0 Å². The van der Waals surface area contributed by atoms with E-state index in [2.05, 4.69) is 19.9 Å². The van der Waals surface area contributed by atoms with E-state index >= 15 is 0 Å². The molecule has 0 aliphatic rings. The van der Waals surface area contributed by atoms with Crippen LogP contribution in [-0.4, -0.2) is 41.2 Å². The molecule has 1 rings (SSSR count). The van der Waals surface area contributed by atoms with E-state index in [0.29, 0.717) is 0 Å². The molecule has 0 amide bonds. The smallest absolute Gasteiger partial charge is 0.242 e. The summed E-state index contributed by atoms with van der Waals surface area (Å²) in [6.45, 7) is -0.278. The Kier molecular flexibility index (Phi) is 5.68. The molecular formula is C8H14ClN5O4S2. The molecule has 12 heteroatoms. The van der Waals surface area contributed by atoms with Crippen LogP contribution >= 0.6 is 11.6 Å². The summed E-state index contributed by atoms with van der Waals surface area (Å²) < 4.78 is 50.3. The fourth-order valence-electron chi connectivity index (χ4n) is 1.17. The lowest BCUT2D eigenvalue weighted by Gasteiger charge is -2.08. The van der Waals surface area contributed by atoms with Crippen LogP contribution in [0, 0.1) is 0 Å². The van der Waals surface area contributed by atoms with Gasteiger partial charge in [0.1, 0.15) is 4.90 Å². The standard InChI is InChI=1S/C8H14ClN5O4S2/c1-11-19(15,16)3-2-13-20(17,18)6-4-7(9)8(14-10)12-5-6/h4-5,11,13H,2-3,10H2,1H3,(H,12,14). The van der Waals surface area contributed by atoms with Crippen LogP contribution < -0.4 is 20.7 Å². The number of pyridine rings is 1. The van der Waals surface area contributed by atoms with Gasteiger partial charge in [0.05, 0.1) is 10.8 Å². The number of halogens is 1. The third kappa shape index (κ3) is 4.54. The number of nitrogens with zero attached hydrogens (tertiary/aromatic N) is 1. The van der Waals surface area contributed by atoms with Gasteiger partial charge in [0.15, 0.2) is 5.82 Å². The number of anilines is 1. The van der Waals surface area contributed by atoms with Crippen LogP contribution in [0.3, 0.4) is 0 Å². The van der Waals surface area contributed by atoms with Gasteiger partial charge in [0.2, 0.25) is 20.0 Å². The summed E-state index contributed by atoms with van der Waals surface area (Å²) in [4.78, 5) is 3.53. The van der Waals surface area contributed by atoms with Crippen LogP contribution in [0.2, 0.25) is 5.02 Å². The lowest BCUT2D eigenvalue weighted by molar-refractivity contribution is 0.578. The molecule has 20 heavy (non-hydrogen) atoms. The number of nitrogens with one attached hydrogen (secondary N) is 3. The number of hydrazine groups is 1. The summed E-state index contributed by atoms with van der Waals surface area (Å²) in [7, 11) is -6.14. The number of rotatable bonds is 7. The first kappa shape index (κ1) is 17.1. The van der Waals surface area contributed by atoms with E-state index < -0.39 is 20.0 Å². The van der Waals surface area contributed by atoms with Crippen molar-refractivity contribution in [2.45, 2.75) is 4.90 Å². The molecule has 1 aromatic rings. The van der Waals surface area contributed by atoms with Crippen LogP contribution in [0.1, 0.15) is 0 Å². The predicted molar refractivity (Wildman–Crippen MR) is 75.1 cm³/mol. The number of aromatic nitrogens is 1. The van der Waals surface area contributed by atoms with Crippen LogP contribution in [0.4, 0.5) is 5.82 Å². The van der Waals surface area contributed by atoms with E-state index in [-0.39, 0.29) is 28.0 Å². The first-order valence-corrected chi connectivity index (χ1v) is 8.76. The molecule has 0 aliphatic heterocycles. The minimum atomic E-state index is -3.90. The Labute approximate surface area is 122 Å². The fraction of sp³-hybridized carbons (Fsp3) is 0.375. The van der Waals surface area contributed by atoms with Gasteiger partial charge in [-0.3, -0.25) is 0 Å². The number of hydrogen-bond donors (Lipinski definition) is 4. The highest BCUT2D eigenvalue weighted by Gasteiger charge is 2.17. The third-order valence-electron chi connectivity index (χ3n) is 2.24. The highest BCUT2D eigenvalue weighted by molar-refractivity contribution is 7.90. The Morgan fingerprint density at radius 1 is 1.35 bits per heavy atom. The Balaban J connectivity index is 2.82. The fourth-order valence-corrected chi connectivity index (χ4v) is 3.16. The van der Waals surface area contributed by atoms with Crippen molar-refractivity contribution in [1.82, 2.24) is 14.4 Å². The minimum Gasteiger partial charge on any atom is -0.307 e. The zero-order chi connectivity index (χ0) is 15.4. The molecule has 0 spiro atoms. The topological polar surface area (TPSA) is 143 Å². The van der Waals surface area contributed by atoms with Gasteiger partial charge in [0, 0.05) is 12.7 Å².